The van der Waals surface area contributed by atoms with Crippen LogP contribution in [0.4, 0.5) is 0 Å². The predicted octanol–water partition coefficient (Wildman–Crippen LogP) is 3.11. The van der Waals surface area contributed by atoms with E-state index >= 15 is 0 Å². The summed E-state index contributed by atoms with van der Waals surface area (Å²) in [6.07, 6.45) is 4.17. The van der Waals surface area contributed by atoms with E-state index in [1.165, 1.54) is 5.56 Å². The monoisotopic (exact) mass is 271 g/mol. The van der Waals surface area contributed by atoms with Crippen molar-refractivity contribution in [1.82, 2.24) is 4.90 Å². The van der Waals surface area contributed by atoms with Gasteiger partial charge >= 0.3 is 0 Å². The second kappa shape index (κ2) is 6.25. The molecule has 1 aromatic heterocycles. The van der Waals surface area contributed by atoms with Crippen LogP contribution in [0.1, 0.15) is 17.7 Å². The lowest BCUT2D eigenvalue weighted by atomic mass is 10.0. The summed E-state index contributed by atoms with van der Waals surface area (Å²) in [4.78, 5) is 2.47. The molecule has 0 radical (unpaired) electrons. The number of hydrogen-bond acceptors (Lipinski definition) is 3. The number of hydrogen-bond donors (Lipinski definition) is 0. The molecule has 3 heteroatoms. The molecule has 1 aliphatic heterocycles. The zero-order valence-corrected chi connectivity index (χ0v) is 11.9. The summed E-state index contributed by atoms with van der Waals surface area (Å²) >= 11 is 0. The number of likely N-dealkylation sites (tertiary alicyclic amines) is 1. The van der Waals surface area contributed by atoms with Crippen LogP contribution in [0.3, 0.4) is 0 Å². The van der Waals surface area contributed by atoms with Crippen LogP contribution in [0, 0.1) is 0 Å². The van der Waals surface area contributed by atoms with Gasteiger partial charge in [0.2, 0.25) is 0 Å². The highest BCUT2D eigenvalue weighted by Crippen LogP contribution is 2.25. The smallest absolute Gasteiger partial charge is 0.117 e. The van der Waals surface area contributed by atoms with Gasteiger partial charge in [0.25, 0.3) is 0 Å². The lowest BCUT2D eigenvalue weighted by Crippen LogP contribution is -2.37. The van der Waals surface area contributed by atoms with E-state index in [2.05, 4.69) is 35.2 Å². The average Bonchev–Trinajstić information content (AvgIpc) is 3.11. The molecule has 3 nitrogen and oxygen atoms in total. The van der Waals surface area contributed by atoms with E-state index in [0.29, 0.717) is 12.1 Å². The second-order valence-electron chi connectivity index (χ2n) is 5.37. The van der Waals surface area contributed by atoms with Crippen molar-refractivity contribution >= 4 is 0 Å². The minimum Gasteiger partial charge on any atom is -0.468 e. The van der Waals surface area contributed by atoms with Gasteiger partial charge in [-0.25, -0.2) is 0 Å². The first-order chi connectivity index (χ1) is 9.86. The summed E-state index contributed by atoms with van der Waals surface area (Å²) in [5, 5.41) is 0. The predicted molar refractivity (Wildman–Crippen MR) is 78.5 cm³/mol. The summed E-state index contributed by atoms with van der Waals surface area (Å²) in [6, 6.07) is 15.1. The molecule has 106 valence electrons. The van der Waals surface area contributed by atoms with Gasteiger partial charge < -0.3 is 9.15 Å². The number of benzene rings is 1. The fraction of sp³-hybridized carbons (Fsp3) is 0.412. The molecule has 0 saturated carbocycles. The van der Waals surface area contributed by atoms with E-state index in [-0.39, 0.29) is 0 Å². The van der Waals surface area contributed by atoms with Gasteiger partial charge in [0, 0.05) is 19.7 Å². The maximum Gasteiger partial charge on any atom is 0.117 e. The van der Waals surface area contributed by atoms with Gasteiger partial charge in [0.05, 0.1) is 18.9 Å². The van der Waals surface area contributed by atoms with Gasteiger partial charge in [-0.15, -0.1) is 0 Å². The first-order valence-corrected chi connectivity index (χ1v) is 7.20. The van der Waals surface area contributed by atoms with E-state index in [0.717, 1.165) is 31.7 Å². The summed E-state index contributed by atoms with van der Waals surface area (Å²) in [6.45, 7) is 1.93. The zero-order valence-electron chi connectivity index (χ0n) is 11.9. The van der Waals surface area contributed by atoms with E-state index in [4.69, 9.17) is 9.15 Å². The van der Waals surface area contributed by atoms with Crippen LogP contribution < -0.4 is 0 Å². The minimum atomic E-state index is 0.310. The van der Waals surface area contributed by atoms with Crippen LogP contribution in [0.5, 0.6) is 0 Å². The zero-order chi connectivity index (χ0) is 13.8. The Morgan fingerprint density at radius 3 is 2.75 bits per heavy atom. The topological polar surface area (TPSA) is 25.6 Å². The van der Waals surface area contributed by atoms with Crippen molar-refractivity contribution in [3.63, 3.8) is 0 Å². The molecule has 1 aliphatic rings. The van der Waals surface area contributed by atoms with Crippen LogP contribution in [0.2, 0.25) is 0 Å². The summed E-state index contributed by atoms with van der Waals surface area (Å²) < 4.78 is 11.2. The van der Waals surface area contributed by atoms with Gasteiger partial charge in [-0.3, -0.25) is 4.90 Å². The second-order valence-corrected chi connectivity index (χ2v) is 5.37. The lowest BCUT2D eigenvalue weighted by Gasteiger charge is -2.27. The highest BCUT2D eigenvalue weighted by atomic mass is 16.5. The SMILES string of the molecule is CO[C@@H]1CCN(Cc2ccco2)[C@H]1Cc1ccccc1. The molecule has 0 aliphatic carbocycles. The molecule has 1 fully saturated rings. The molecule has 0 N–H and O–H groups in total. The molecule has 0 spiro atoms. The van der Waals surface area contributed by atoms with Gasteiger partial charge in [-0.1, -0.05) is 30.3 Å². The third-order valence-corrected chi connectivity index (χ3v) is 4.13. The molecule has 0 unspecified atom stereocenters. The summed E-state index contributed by atoms with van der Waals surface area (Å²) in [7, 11) is 1.82. The third kappa shape index (κ3) is 2.94. The summed E-state index contributed by atoms with van der Waals surface area (Å²) in [5.41, 5.74) is 1.37. The number of rotatable bonds is 5. The third-order valence-electron chi connectivity index (χ3n) is 4.13. The Morgan fingerprint density at radius 2 is 2.05 bits per heavy atom. The fourth-order valence-corrected chi connectivity index (χ4v) is 3.08. The van der Waals surface area contributed by atoms with Gasteiger partial charge in [0.1, 0.15) is 5.76 Å². The lowest BCUT2D eigenvalue weighted by molar-refractivity contribution is 0.0621. The van der Waals surface area contributed by atoms with Crippen molar-refractivity contribution in [3.05, 3.63) is 60.1 Å². The van der Waals surface area contributed by atoms with Crippen LogP contribution >= 0.6 is 0 Å². The standard InChI is InChI=1S/C17H21NO2/c1-19-17-9-10-18(13-15-8-5-11-20-15)16(17)12-14-6-3-2-4-7-14/h2-8,11,16-17H,9-10,12-13H2,1H3/t16-,17+/m0/s1. The van der Waals surface area contributed by atoms with Gasteiger partial charge in [0.15, 0.2) is 0 Å². The molecule has 3 rings (SSSR count). The fourth-order valence-electron chi connectivity index (χ4n) is 3.08. The van der Waals surface area contributed by atoms with Crippen LogP contribution in [-0.2, 0) is 17.7 Å². The van der Waals surface area contributed by atoms with Crippen LogP contribution in [-0.4, -0.2) is 30.7 Å². The largest absolute Gasteiger partial charge is 0.468 e. The van der Waals surface area contributed by atoms with Gasteiger partial charge in [-0.2, -0.15) is 0 Å². The van der Waals surface area contributed by atoms with Crippen molar-refractivity contribution in [2.45, 2.75) is 31.5 Å². The van der Waals surface area contributed by atoms with Crippen molar-refractivity contribution in [2.75, 3.05) is 13.7 Å². The highest BCUT2D eigenvalue weighted by Gasteiger charge is 2.34. The van der Waals surface area contributed by atoms with Crippen molar-refractivity contribution < 1.29 is 9.15 Å². The number of furan rings is 1. The van der Waals surface area contributed by atoms with E-state index in [1.807, 2.05) is 19.2 Å². The Hall–Kier alpha value is -1.58. The number of methoxy groups -OCH3 is 1. The molecule has 2 aromatic rings. The van der Waals surface area contributed by atoms with Crippen molar-refractivity contribution in [2.24, 2.45) is 0 Å². The molecule has 2 heterocycles. The first-order valence-electron chi connectivity index (χ1n) is 7.20. The van der Waals surface area contributed by atoms with Crippen LogP contribution in [0.15, 0.2) is 53.1 Å². The van der Waals surface area contributed by atoms with Gasteiger partial charge in [-0.05, 0) is 30.5 Å². The Morgan fingerprint density at radius 1 is 1.20 bits per heavy atom. The maximum absolute atomic E-state index is 5.67. The van der Waals surface area contributed by atoms with E-state index < -0.39 is 0 Å². The molecular formula is C17H21NO2. The molecule has 0 bridgehead atoms. The molecule has 0 amide bonds. The maximum atomic E-state index is 5.67. The Balaban J connectivity index is 1.72. The van der Waals surface area contributed by atoms with Crippen molar-refractivity contribution in [1.29, 1.82) is 0 Å². The minimum absolute atomic E-state index is 0.310. The molecule has 1 saturated heterocycles. The summed E-state index contributed by atoms with van der Waals surface area (Å²) in [5.74, 6) is 1.03. The number of nitrogens with zero attached hydrogens (tertiary/aromatic N) is 1. The Bertz CT molecular complexity index is 509. The van der Waals surface area contributed by atoms with Crippen LogP contribution in [0.25, 0.3) is 0 Å². The highest BCUT2D eigenvalue weighted by molar-refractivity contribution is 5.17. The normalized spacial score (nSPS) is 23.2. The molecule has 20 heavy (non-hydrogen) atoms. The Kier molecular flexibility index (Phi) is 4.19. The van der Waals surface area contributed by atoms with Crippen molar-refractivity contribution in [3.8, 4) is 0 Å². The van der Waals surface area contributed by atoms with E-state index in [9.17, 15) is 0 Å². The molecule has 2 atom stereocenters. The Labute approximate surface area is 120 Å². The average molecular weight is 271 g/mol. The molecular weight excluding hydrogens is 250 g/mol. The number of ether oxygens (including phenoxy) is 1. The quantitative estimate of drug-likeness (QED) is 0.835. The molecule has 1 aromatic carbocycles. The first kappa shape index (κ1) is 13.4. The van der Waals surface area contributed by atoms with E-state index in [1.54, 1.807) is 6.26 Å².